The number of aryl methyl sites for hydroxylation is 1. The van der Waals surface area contributed by atoms with Crippen molar-refractivity contribution >= 4 is 23.8 Å². The molecule has 2 heterocycles. The Labute approximate surface area is 155 Å². The van der Waals surface area contributed by atoms with Crippen molar-refractivity contribution in [1.82, 2.24) is 14.9 Å². The van der Waals surface area contributed by atoms with Crippen molar-refractivity contribution in [2.45, 2.75) is 26.3 Å². The molecule has 0 aliphatic heterocycles. The van der Waals surface area contributed by atoms with Crippen molar-refractivity contribution in [3.63, 3.8) is 0 Å². The third-order valence-electron chi connectivity index (χ3n) is 3.72. The van der Waals surface area contributed by atoms with Gasteiger partial charge in [-0.2, -0.15) is 5.10 Å². The summed E-state index contributed by atoms with van der Waals surface area (Å²) in [6, 6.07) is 9.38. The third-order valence-corrected chi connectivity index (χ3v) is 4.29. The number of nitrogens with one attached hydrogen (secondary N) is 2. The summed E-state index contributed by atoms with van der Waals surface area (Å²) in [5.41, 5.74) is 4.13. The summed E-state index contributed by atoms with van der Waals surface area (Å²) in [7, 11) is 1.59. The van der Waals surface area contributed by atoms with Gasteiger partial charge in [-0.1, -0.05) is 18.5 Å². The first-order valence-corrected chi connectivity index (χ1v) is 8.73. The van der Waals surface area contributed by atoms with Gasteiger partial charge in [0, 0.05) is 12.0 Å². The third kappa shape index (κ3) is 3.88. The summed E-state index contributed by atoms with van der Waals surface area (Å²) in [6.07, 6.45) is 1.83. The molecule has 3 aromatic rings. The lowest BCUT2D eigenvalue weighted by Gasteiger charge is -2.08. The number of hydrogen-bond donors (Lipinski definition) is 2. The first-order valence-electron chi connectivity index (χ1n) is 7.95. The normalized spacial score (nSPS) is 10.8. The number of benzene rings is 1. The predicted molar refractivity (Wildman–Crippen MR) is 100 cm³/mol. The maximum Gasteiger partial charge on any atom is 0.214 e. The van der Waals surface area contributed by atoms with Crippen LogP contribution in [0.3, 0.4) is 0 Å². The number of furan rings is 1. The predicted octanol–water partition coefficient (Wildman–Crippen LogP) is 4.56. The minimum Gasteiger partial charge on any atom is -0.495 e. The zero-order valence-corrected chi connectivity index (χ0v) is 15.6. The van der Waals surface area contributed by atoms with E-state index in [0.29, 0.717) is 22.1 Å². The van der Waals surface area contributed by atoms with E-state index in [0.717, 1.165) is 35.7 Å². The van der Waals surface area contributed by atoms with Gasteiger partial charge in [0.2, 0.25) is 4.77 Å². The largest absolute Gasteiger partial charge is 0.495 e. The Hall–Kier alpha value is -2.25. The van der Waals surface area contributed by atoms with Gasteiger partial charge in [-0.25, -0.2) is 4.68 Å². The van der Waals surface area contributed by atoms with Gasteiger partial charge in [-0.15, -0.1) is 0 Å². The number of ether oxygens (including phenoxy) is 1. The molecule has 0 bridgehead atoms. The van der Waals surface area contributed by atoms with Crippen LogP contribution in [0.5, 0.6) is 5.75 Å². The molecular weight excluding hydrogens is 360 g/mol. The summed E-state index contributed by atoms with van der Waals surface area (Å²) in [5.74, 6) is 3.04. The highest BCUT2D eigenvalue weighted by molar-refractivity contribution is 7.71. The fourth-order valence-electron chi connectivity index (χ4n) is 2.49. The summed E-state index contributed by atoms with van der Waals surface area (Å²) < 4.78 is 13.4. The lowest BCUT2D eigenvalue weighted by molar-refractivity contribution is 0.415. The molecule has 0 saturated heterocycles. The number of methoxy groups -OCH3 is 1. The zero-order chi connectivity index (χ0) is 17.8. The highest BCUT2D eigenvalue weighted by atomic mass is 35.5. The summed E-state index contributed by atoms with van der Waals surface area (Å²) in [5, 5.41) is 7.57. The minimum atomic E-state index is 0.494. The van der Waals surface area contributed by atoms with Gasteiger partial charge in [0.15, 0.2) is 5.82 Å². The average molecular weight is 379 g/mol. The SMILES string of the molecule is CCCc1n[nH]c(=S)n1NCc1ccc(-c2ccc(OC)c(Cl)c2)o1. The van der Waals surface area contributed by atoms with Crippen LogP contribution in [0.2, 0.25) is 5.02 Å². The van der Waals surface area contributed by atoms with Gasteiger partial charge >= 0.3 is 0 Å². The van der Waals surface area contributed by atoms with Crippen LogP contribution in [-0.2, 0) is 13.0 Å². The molecule has 1 aromatic carbocycles. The molecule has 0 unspecified atom stereocenters. The molecule has 132 valence electrons. The molecule has 0 amide bonds. The maximum atomic E-state index is 6.18. The van der Waals surface area contributed by atoms with Gasteiger partial charge in [0.1, 0.15) is 17.3 Å². The van der Waals surface area contributed by atoms with Crippen LogP contribution in [0.15, 0.2) is 34.7 Å². The quantitative estimate of drug-likeness (QED) is 0.590. The van der Waals surface area contributed by atoms with E-state index >= 15 is 0 Å². The van der Waals surface area contributed by atoms with E-state index in [1.807, 2.05) is 30.3 Å². The topological polar surface area (TPSA) is 68.0 Å². The van der Waals surface area contributed by atoms with E-state index < -0.39 is 0 Å². The second-order valence-corrected chi connectivity index (χ2v) is 6.27. The Kier molecular flexibility index (Phi) is 5.45. The Morgan fingerprint density at radius 2 is 2.20 bits per heavy atom. The van der Waals surface area contributed by atoms with Crippen molar-refractivity contribution in [2.24, 2.45) is 0 Å². The standard InChI is InChI=1S/C17H19ClN4O2S/c1-3-4-16-20-21-17(25)22(16)19-10-12-6-8-14(24-12)11-5-7-15(23-2)13(18)9-11/h5-9,19H,3-4,10H2,1-2H3,(H,21,25). The Morgan fingerprint density at radius 1 is 1.36 bits per heavy atom. The van der Waals surface area contributed by atoms with Crippen LogP contribution < -0.4 is 10.2 Å². The first kappa shape index (κ1) is 17.6. The number of aromatic nitrogens is 3. The molecule has 2 N–H and O–H groups in total. The molecule has 2 aromatic heterocycles. The van der Waals surface area contributed by atoms with Crippen molar-refractivity contribution < 1.29 is 9.15 Å². The zero-order valence-electron chi connectivity index (χ0n) is 14.0. The fourth-order valence-corrected chi connectivity index (χ4v) is 2.96. The maximum absolute atomic E-state index is 6.18. The lowest BCUT2D eigenvalue weighted by Crippen LogP contribution is -2.17. The van der Waals surface area contributed by atoms with Crippen molar-refractivity contribution in [1.29, 1.82) is 0 Å². The fraction of sp³-hybridized carbons (Fsp3) is 0.294. The molecule has 6 nitrogen and oxygen atoms in total. The number of rotatable bonds is 7. The van der Waals surface area contributed by atoms with Crippen LogP contribution in [0.1, 0.15) is 24.9 Å². The Morgan fingerprint density at radius 3 is 2.92 bits per heavy atom. The van der Waals surface area contributed by atoms with Crippen LogP contribution in [0.4, 0.5) is 0 Å². The van der Waals surface area contributed by atoms with Gasteiger partial charge < -0.3 is 14.6 Å². The number of hydrogen-bond acceptors (Lipinski definition) is 5. The van der Waals surface area contributed by atoms with Crippen molar-refractivity contribution in [2.75, 3.05) is 12.5 Å². The number of halogens is 1. The lowest BCUT2D eigenvalue weighted by atomic mass is 10.2. The number of nitrogens with zero attached hydrogens (tertiary/aromatic N) is 2. The van der Waals surface area contributed by atoms with Crippen molar-refractivity contribution in [3.05, 3.63) is 51.7 Å². The summed E-state index contributed by atoms with van der Waals surface area (Å²) in [6.45, 7) is 2.59. The molecule has 0 aliphatic carbocycles. The van der Waals surface area contributed by atoms with Gasteiger partial charge in [0.05, 0.1) is 18.7 Å². The second kappa shape index (κ2) is 7.76. The highest BCUT2D eigenvalue weighted by Crippen LogP contribution is 2.31. The van der Waals surface area contributed by atoms with E-state index in [1.165, 1.54) is 0 Å². The molecule has 0 spiro atoms. The molecule has 8 heteroatoms. The van der Waals surface area contributed by atoms with E-state index in [2.05, 4.69) is 22.5 Å². The monoisotopic (exact) mass is 378 g/mol. The van der Waals surface area contributed by atoms with E-state index in [-0.39, 0.29) is 0 Å². The molecule has 0 atom stereocenters. The molecule has 3 rings (SSSR count). The van der Waals surface area contributed by atoms with E-state index in [4.69, 9.17) is 33.0 Å². The van der Waals surface area contributed by atoms with Crippen LogP contribution in [0.25, 0.3) is 11.3 Å². The van der Waals surface area contributed by atoms with Crippen LogP contribution in [0, 0.1) is 4.77 Å². The Balaban J connectivity index is 1.73. The van der Waals surface area contributed by atoms with Crippen molar-refractivity contribution in [3.8, 4) is 17.1 Å². The van der Waals surface area contributed by atoms with Gasteiger partial charge in [-0.05, 0) is 49.0 Å². The highest BCUT2D eigenvalue weighted by Gasteiger charge is 2.09. The molecule has 0 fully saturated rings. The molecule has 25 heavy (non-hydrogen) atoms. The minimum absolute atomic E-state index is 0.494. The van der Waals surface area contributed by atoms with Gasteiger partial charge in [-0.3, -0.25) is 5.10 Å². The molecule has 0 aliphatic rings. The molecule has 0 saturated carbocycles. The van der Waals surface area contributed by atoms with Crippen LogP contribution in [-0.4, -0.2) is 22.0 Å². The number of H-pyrrole nitrogens is 1. The van der Waals surface area contributed by atoms with E-state index in [1.54, 1.807) is 11.8 Å². The average Bonchev–Trinajstić information content (AvgIpc) is 3.21. The smallest absolute Gasteiger partial charge is 0.214 e. The molecular formula is C17H19ClN4O2S. The second-order valence-electron chi connectivity index (χ2n) is 5.48. The summed E-state index contributed by atoms with van der Waals surface area (Å²) >= 11 is 11.4. The molecule has 0 radical (unpaired) electrons. The van der Waals surface area contributed by atoms with Crippen LogP contribution >= 0.6 is 23.8 Å². The first-order chi connectivity index (χ1) is 12.1. The summed E-state index contributed by atoms with van der Waals surface area (Å²) in [4.78, 5) is 0. The Bertz CT molecular complexity index is 916. The van der Waals surface area contributed by atoms with E-state index in [9.17, 15) is 0 Å². The van der Waals surface area contributed by atoms with Gasteiger partial charge in [0.25, 0.3) is 0 Å². The number of aromatic amines is 1.